The number of rotatable bonds is 4. The molecular formula is C18H16Cl2N2OS. The molecule has 2 atom stereocenters. The molecule has 0 saturated carbocycles. The van der Waals surface area contributed by atoms with Crippen molar-refractivity contribution in [3.05, 3.63) is 69.2 Å². The molecule has 3 rings (SSSR count). The van der Waals surface area contributed by atoms with Gasteiger partial charge in [-0.2, -0.15) is 5.10 Å². The number of nitrogens with one attached hydrogen (secondary N) is 1. The van der Waals surface area contributed by atoms with E-state index in [0.29, 0.717) is 10.0 Å². The Labute approximate surface area is 155 Å². The molecule has 0 radical (unpaired) electrons. The smallest absolute Gasteiger partial charge is 0.254 e. The molecule has 2 aromatic rings. The summed E-state index contributed by atoms with van der Waals surface area (Å²) in [5.74, 6) is 0.482. The minimum absolute atomic E-state index is 0.101. The molecule has 1 amide bonds. The molecular weight excluding hydrogens is 363 g/mol. The van der Waals surface area contributed by atoms with Gasteiger partial charge in [0.1, 0.15) is 0 Å². The third-order valence-corrected chi connectivity index (χ3v) is 6.11. The zero-order chi connectivity index (χ0) is 17.1. The molecule has 1 aliphatic heterocycles. The molecule has 0 fully saturated rings. The zero-order valence-corrected chi connectivity index (χ0v) is 15.3. The monoisotopic (exact) mass is 378 g/mol. The van der Waals surface area contributed by atoms with Gasteiger partial charge in [0.25, 0.3) is 5.91 Å². The summed E-state index contributed by atoms with van der Waals surface area (Å²) < 4.78 is 0. The second kappa shape index (κ2) is 7.60. The van der Waals surface area contributed by atoms with Gasteiger partial charge in [0, 0.05) is 27.9 Å². The van der Waals surface area contributed by atoms with Gasteiger partial charge in [-0.1, -0.05) is 53.5 Å². The molecule has 2 aromatic carbocycles. The van der Waals surface area contributed by atoms with Gasteiger partial charge < -0.3 is 0 Å². The number of hydrogen-bond donors (Lipinski definition) is 1. The third-order valence-electron chi connectivity index (χ3n) is 3.96. The van der Waals surface area contributed by atoms with Gasteiger partial charge in [0.2, 0.25) is 0 Å². The Bertz CT molecular complexity index is 757. The zero-order valence-electron chi connectivity index (χ0n) is 13.0. The predicted molar refractivity (Wildman–Crippen MR) is 102 cm³/mol. The van der Waals surface area contributed by atoms with E-state index in [1.165, 1.54) is 5.56 Å². The predicted octanol–water partition coefficient (Wildman–Crippen LogP) is 4.80. The number of nitrogens with zero attached hydrogens (tertiary/aromatic N) is 1. The number of carbonyl (C=O) groups excluding carboxylic acids is 1. The summed E-state index contributed by atoms with van der Waals surface area (Å²) in [6.45, 7) is 1.87. The summed E-state index contributed by atoms with van der Waals surface area (Å²) in [5.41, 5.74) is 5.47. The highest BCUT2D eigenvalue weighted by atomic mass is 35.5. The summed E-state index contributed by atoms with van der Waals surface area (Å²) in [4.78, 5) is 12.3. The van der Waals surface area contributed by atoms with Crippen LogP contribution in [-0.2, 0) is 10.5 Å². The lowest BCUT2D eigenvalue weighted by Gasteiger charge is -2.26. The van der Waals surface area contributed by atoms with Crippen LogP contribution in [0.15, 0.2) is 47.6 Å². The van der Waals surface area contributed by atoms with E-state index in [1.807, 2.05) is 37.3 Å². The van der Waals surface area contributed by atoms with Gasteiger partial charge in [-0.15, -0.1) is 11.8 Å². The van der Waals surface area contributed by atoms with Gasteiger partial charge in [0.15, 0.2) is 0 Å². The maximum Gasteiger partial charge on any atom is 0.254 e. The maximum absolute atomic E-state index is 12.3. The van der Waals surface area contributed by atoms with Crippen LogP contribution in [0.25, 0.3) is 0 Å². The van der Waals surface area contributed by atoms with Crippen LogP contribution >= 0.6 is 35.0 Å². The maximum atomic E-state index is 12.3. The Morgan fingerprint density at radius 1 is 1.17 bits per heavy atom. The first-order valence-corrected chi connectivity index (χ1v) is 9.31. The lowest BCUT2D eigenvalue weighted by molar-refractivity contribution is -0.120. The summed E-state index contributed by atoms with van der Waals surface area (Å²) in [7, 11) is 0. The SMILES string of the molecule is Cc1c(Cl)cc(C2C=NNC(=O)C2SCc2ccccc2)cc1Cl. The minimum Gasteiger partial charge on any atom is -0.272 e. The quantitative estimate of drug-likeness (QED) is 0.829. The molecule has 3 nitrogen and oxygen atoms in total. The standard InChI is InChI=1S/C18H16Cl2N2OS/c1-11-15(19)7-13(8-16(11)20)14-9-21-22-18(23)17(14)24-10-12-5-3-2-4-6-12/h2-9,14,17H,10H2,1H3,(H,22,23). The van der Waals surface area contributed by atoms with Gasteiger partial charge >= 0.3 is 0 Å². The Morgan fingerprint density at radius 2 is 1.83 bits per heavy atom. The van der Waals surface area contributed by atoms with Gasteiger partial charge in [-0.05, 0) is 35.7 Å². The van der Waals surface area contributed by atoms with E-state index in [1.54, 1.807) is 18.0 Å². The molecule has 2 unspecified atom stereocenters. The van der Waals surface area contributed by atoms with Crippen molar-refractivity contribution in [3.63, 3.8) is 0 Å². The fourth-order valence-corrected chi connectivity index (χ4v) is 4.25. The van der Waals surface area contributed by atoms with Crippen molar-refractivity contribution in [1.29, 1.82) is 0 Å². The molecule has 1 heterocycles. The lowest BCUT2D eigenvalue weighted by atomic mass is 9.94. The topological polar surface area (TPSA) is 41.5 Å². The van der Waals surface area contributed by atoms with E-state index in [-0.39, 0.29) is 17.1 Å². The van der Waals surface area contributed by atoms with Crippen molar-refractivity contribution in [2.75, 3.05) is 0 Å². The van der Waals surface area contributed by atoms with E-state index in [2.05, 4.69) is 22.7 Å². The first-order valence-electron chi connectivity index (χ1n) is 7.50. The van der Waals surface area contributed by atoms with Crippen LogP contribution in [0.5, 0.6) is 0 Å². The average Bonchev–Trinajstić information content (AvgIpc) is 2.59. The van der Waals surface area contributed by atoms with Crippen LogP contribution in [0.2, 0.25) is 10.0 Å². The van der Waals surface area contributed by atoms with Crippen LogP contribution < -0.4 is 5.43 Å². The van der Waals surface area contributed by atoms with Crippen molar-refractivity contribution < 1.29 is 4.79 Å². The Kier molecular flexibility index (Phi) is 5.49. The van der Waals surface area contributed by atoms with Crippen LogP contribution in [0.1, 0.15) is 22.6 Å². The number of halogens is 2. The number of hydrogen-bond acceptors (Lipinski definition) is 3. The van der Waals surface area contributed by atoms with E-state index in [4.69, 9.17) is 23.2 Å². The highest BCUT2D eigenvalue weighted by Gasteiger charge is 2.32. The Balaban J connectivity index is 1.85. The number of benzene rings is 2. The first kappa shape index (κ1) is 17.3. The summed E-state index contributed by atoms with van der Waals surface area (Å²) >= 11 is 14.1. The molecule has 24 heavy (non-hydrogen) atoms. The molecule has 0 spiro atoms. The van der Waals surface area contributed by atoms with E-state index < -0.39 is 0 Å². The molecule has 0 saturated heterocycles. The van der Waals surface area contributed by atoms with Crippen LogP contribution in [0, 0.1) is 6.92 Å². The molecule has 0 aromatic heterocycles. The lowest BCUT2D eigenvalue weighted by Crippen LogP contribution is -2.39. The van der Waals surface area contributed by atoms with Gasteiger partial charge in [0.05, 0.1) is 5.25 Å². The van der Waals surface area contributed by atoms with Crippen LogP contribution in [-0.4, -0.2) is 17.4 Å². The number of carbonyl (C=O) groups is 1. The number of hydrazone groups is 1. The highest BCUT2D eigenvalue weighted by molar-refractivity contribution is 7.99. The second-order valence-electron chi connectivity index (χ2n) is 5.61. The number of thioether (sulfide) groups is 1. The molecule has 1 N–H and O–H groups in total. The van der Waals surface area contributed by atoms with Crippen molar-refractivity contribution >= 4 is 47.1 Å². The average molecular weight is 379 g/mol. The molecule has 1 aliphatic rings. The van der Waals surface area contributed by atoms with E-state index >= 15 is 0 Å². The van der Waals surface area contributed by atoms with Gasteiger partial charge in [-0.25, -0.2) is 5.43 Å². The van der Waals surface area contributed by atoms with Crippen molar-refractivity contribution in [2.24, 2.45) is 5.10 Å². The van der Waals surface area contributed by atoms with Gasteiger partial charge in [-0.3, -0.25) is 4.79 Å². The molecule has 6 heteroatoms. The fourth-order valence-electron chi connectivity index (χ4n) is 2.54. The fraction of sp³-hybridized carbons (Fsp3) is 0.222. The summed E-state index contributed by atoms with van der Waals surface area (Å²) in [5, 5.41) is 4.90. The van der Waals surface area contributed by atoms with E-state index in [0.717, 1.165) is 16.9 Å². The third kappa shape index (κ3) is 3.77. The van der Waals surface area contributed by atoms with Crippen molar-refractivity contribution in [1.82, 2.24) is 5.43 Å². The number of amides is 1. The molecule has 0 aliphatic carbocycles. The second-order valence-corrected chi connectivity index (χ2v) is 7.55. The van der Waals surface area contributed by atoms with Crippen LogP contribution in [0.4, 0.5) is 0 Å². The summed E-state index contributed by atoms with van der Waals surface area (Å²) in [6, 6.07) is 13.8. The first-order chi connectivity index (χ1) is 11.6. The molecule has 124 valence electrons. The Hall–Kier alpha value is -1.49. The normalized spacial score (nSPS) is 20.0. The Morgan fingerprint density at radius 3 is 2.50 bits per heavy atom. The van der Waals surface area contributed by atoms with Crippen LogP contribution in [0.3, 0.4) is 0 Å². The highest BCUT2D eigenvalue weighted by Crippen LogP contribution is 2.35. The summed E-state index contributed by atoms with van der Waals surface area (Å²) in [6.07, 6.45) is 1.75. The van der Waals surface area contributed by atoms with Crippen molar-refractivity contribution in [2.45, 2.75) is 23.8 Å². The largest absolute Gasteiger partial charge is 0.272 e. The van der Waals surface area contributed by atoms with E-state index in [9.17, 15) is 4.79 Å². The molecule has 0 bridgehead atoms. The van der Waals surface area contributed by atoms with Crippen molar-refractivity contribution in [3.8, 4) is 0 Å². The minimum atomic E-state index is -0.280.